The number of hydrogen-bond donors (Lipinski definition) is 0. The van der Waals surface area contributed by atoms with Crippen molar-refractivity contribution < 1.29 is 26.4 Å². The van der Waals surface area contributed by atoms with Crippen molar-refractivity contribution >= 4 is 38.4 Å². The molecule has 2 aliphatic heterocycles. The molecule has 3 rings (SSSR count). The van der Waals surface area contributed by atoms with Gasteiger partial charge in [0.05, 0.1) is 28.8 Å². The Kier molecular flexibility index (Phi) is 4.85. The highest BCUT2D eigenvalue weighted by atomic mass is 32.2. The number of rotatable bonds is 2. The van der Waals surface area contributed by atoms with Crippen LogP contribution in [-0.2, 0) is 20.8 Å². The average molecular weight is 406 g/mol. The number of alkyl halides is 3. The molecule has 0 aromatic heterocycles. The highest BCUT2D eigenvalue weighted by molar-refractivity contribution is 8.16. The fraction of sp³-hybridized carbons (Fsp3) is 0.500. The number of anilines is 1. The lowest BCUT2D eigenvalue weighted by Crippen LogP contribution is -2.39. The molecule has 2 unspecified atom stereocenters. The predicted molar refractivity (Wildman–Crippen MR) is 95.0 cm³/mol. The minimum absolute atomic E-state index is 0.130. The van der Waals surface area contributed by atoms with Crippen LogP contribution in [0.25, 0.3) is 0 Å². The lowest BCUT2D eigenvalue weighted by Gasteiger charge is -2.27. The molecule has 1 aromatic rings. The molecule has 0 saturated carbocycles. The number of amides is 1. The van der Waals surface area contributed by atoms with E-state index < -0.39 is 44.7 Å². The number of carbonyl (C=O) groups excluding carboxylic acids is 1. The lowest BCUT2D eigenvalue weighted by atomic mass is 10.1. The topological polar surface area (TPSA) is 66.8 Å². The zero-order valence-corrected chi connectivity index (χ0v) is 15.7. The van der Waals surface area contributed by atoms with E-state index in [1.807, 2.05) is 0 Å². The smallest absolute Gasteiger partial charge is 0.315 e. The number of amidine groups is 1. The molecule has 1 amide bonds. The van der Waals surface area contributed by atoms with Gasteiger partial charge in [0, 0.05) is 11.2 Å². The second-order valence-electron chi connectivity index (χ2n) is 6.57. The molecule has 2 saturated heterocycles. The second-order valence-corrected chi connectivity index (χ2v) is 9.93. The second kappa shape index (κ2) is 6.56. The number of halogens is 3. The Labute approximate surface area is 153 Å². The van der Waals surface area contributed by atoms with Crippen LogP contribution in [0.2, 0.25) is 0 Å². The first-order valence-electron chi connectivity index (χ1n) is 7.94. The summed E-state index contributed by atoms with van der Waals surface area (Å²) in [4.78, 5) is 17.3. The lowest BCUT2D eigenvalue weighted by molar-refractivity contribution is -0.137. The first-order chi connectivity index (χ1) is 12.0. The molecule has 142 valence electrons. The first-order valence-corrected chi connectivity index (χ1v) is 10.6. The number of aliphatic imine (C=N–C) groups is 1. The summed E-state index contributed by atoms with van der Waals surface area (Å²) in [6.45, 7) is 3.29. The first kappa shape index (κ1) is 19.2. The van der Waals surface area contributed by atoms with E-state index in [4.69, 9.17) is 0 Å². The van der Waals surface area contributed by atoms with E-state index in [-0.39, 0.29) is 22.4 Å². The van der Waals surface area contributed by atoms with E-state index in [2.05, 4.69) is 4.99 Å². The molecule has 0 spiro atoms. The molecule has 0 radical (unpaired) electrons. The van der Waals surface area contributed by atoms with Crippen LogP contribution in [-0.4, -0.2) is 42.3 Å². The minimum atomic E-state index is -4.61. The molecule has 2 aliphatic rings. The number of sulfone groups is 1. The molecule has 2 atom stereocenters. The summed E-state index contributed by atoms with van der Waals surface area (Å²) in [5.74, 6) is -1.26. The van der Waals surface area contributed by atoms with Crippen molar-refractivity contribution in [2.75, 3.05) is 16.4 Å². The Morgan fingerprint density at radius 2 is 1.92 bits per heavy atom. The van der Waals surface area contributed by atoms with Gasteiger partial charge in [0.15, 0.2) is 15.0 Å². The van der Waals surface area contributed by atoms with Crippen molar-refractivity contribution in [2.45, 2.75) is 31.3 Å². The number of hydrogen-bond acceptors (Lipinski definition) is 4. The van der Waals surface area contributed by atoms with Gasteiger partial charge in [-0.2, -0.15) is 18.2 Å². The molecule has 5 nitrogen and oxygen atoms in total. The number of fused-ring (bicyclic) bond motifs is 1. The number of carbonyl (C=O) groups is 1. The Hall–Kier alpha value is -1.55. The quantitative estimate of drug-likeness (QED) is 0.756. The van der Waals surface area contributed by atoms with Crippen LogP contribution >= 0.6 is 11.8 Å². The number of para-hydroxylation sites is 1. The molecule has 2 fully saturated rings. The maximum atomic E-state index is 13.5. The van der Waals surface area contributed by atoms with Crippen molar-refractivity contribution in [3.63, 3.8) is 0 Å². The largest absolute Gasteiger partial charge is 0.418 e. The Bertz CT molecular complexity index is 866. The van der Waals surface area contributed by atoms with Gasteiger partial charge >= 0.3 is 6.18 Å². The van der Waals surface area contributed by atoms with Crippen LogP contribution in [0.4, 0.5) is 18.9 Å². The normalized spacial score (nSPS) is 26.5. The van der Waals surface area contributed by atoms with Gasteiger partial charge < -0.3 is 4.90 Å². The van der Waals surface area contributed by atoms with Crippen LogP contribution in [0.1, 0.15) is 19.4 Å². The van der Waals surface area contributed by atoms with Crippen molar-refractivity contribution in [2.24, 2.45) is 10.9 Å². The van der Waals surface area contributed by atoms with E-state index >= 15 is 0 Å². The van der Waals surface area contributed by atoms with Crippen LogP contribution < -0.4 is 4.90 Å². The molecule has 0 bridgehead atoms. The Balaban J connectivity index is 2.12. The number of thioether (sulfide) groups is 1. The van der Waals surface area contributed by atoms with Gasteiger partial charge in [-0.3, -0.25) is 4.79 Å². The summed E-state index contributed by atoms with van der Waals surface area (Å²) in [6.07, 6.45) is -4.61. The molecule has 2 heterocycles. The summed E-state index contributed by atoms with van der Waals surface area (Å²) in [5.41, 5.74) is -1.05. The van der Waals surface area contributed by atoms with Crippen molar-refractivity contribution in [3.8, 4) is 0 Å². The van der Waals surface area contributed by atoms with Crippen molar-refractivity contribution in [1.82, 2.24) is 0 Å². The summed E-state index contributed by atoms with van der Waals surface area (Å²) >= 11 is 1.06. The van der Waals surface area contributed by atoms with Crippen LogP contribution in [0.15, 0.2) is 29.3 Å². The number of benzene rings is 1. The summed E-state index contributed by atoms with van der Waals surface area (Å²) in [6, 6.07) is 4.28. The van der Waals surface area contributed by atoms with Gasteiger partial charge in [-0.25, -0.2) is 8.42 Å². The Morgan fingerprint density at radius 3 is 2.54 bits per heavy atom. The zero-order valence-electron chi connectivity index (χ0n) is 14.0. The number of nitrogens with zero attached hydrogens (tertiary/aromatic N) is 2. The van der Waals surface area contributed by atoms with Gasteiger partial charge in [-0.1, -0.05) is 37.7 Å². The van der Waals surface area contributed by atoms with Crippen LogP contribution in [0.3, 0.4) is 0 Å². The van der Waals surface area contributed by atoms with E-state index in [0.717, 1.165) is 17.8 Å². The average Bonchev–Trinajstić information content (AvgIpc) is 2.97. The van der Waals surface area contributed by atoms with Crippen LogP contribution in [0, 0.1) is 5.92 Å². The summed E-state index contributed by atoms with van der Waals surface area (Å²) in [5, 5.41) is -0.315. The Morgan fingerprint density at radius 1 is 1.27 bits per heavy atom. The maximum absolute atomic E-state index is 13.5. The van der Waals surface area contributed by atoms with E-state index in [0.29, 0.717) is 0 Å². The van der Waals surface area contributed by atoms with Gasteiger partial charge in [0.1, 0.15) is 0 Å². The molecular weight excluding hydrogens is 389 g/mol. The third kappa shape index (κ3) is 3.62. The molecule has 10 heteroatoms. The van der Waals surface area contributed by atoms with Crippen molar-refractivity contribution in [1.29, 1.82) is 0 Å². The SMILES string of the molecule is CC(C)C(=O)N=C1SC2CS(=O)(=O)CC2N1c1ccccc1C(F)(F)F. The van der Waals surface area contributed by atoms with Crippen LogP contribution in [0.5, 0.6) is 0 Å². The van der Waals surface area contributed by atoms with E-state index in [9.17, 15) is 26.4 Å². The fourth-order valence-electron chi connectivity index (χ4n) is 2.99. The van der Waals surface area contributed by atoms with Gasteiger partial charge in [0.25, 0.3) is 5.91 Å². The standard InChI is InChI=1S/C16H17F3N2O3S2/c1-9(2)14(22)20-15-21(12-7-26(23,24)8-13(12)25-15)11-6-4-3-5-10(11)16(17,18)19/h3-6,9,12-13H,7-8H2,1-2H3. The molecule has 0 aliphatic carbocycles. The third-order valence-corrected chi connectivity index (χ3v) is 7.45. The van der Waals surface area contributed by atoms with Crippen molar-refractivity contribution in [3.05, 3.63) is 29.8 Å². The van der Waals surface area contributed by atoms with E-state index in [1.54, 1.807) is 13.8 Å². The highest BCUT2D eigenvalue weighted by Gasteiger charge is 2.51. The molecule has 1 aromatic carbocycles. The van der Waals surface area contributed by atoms with Gasteiger partial charge in [0.2, 0.25) is 0 Å². The molecule has 0 N–H and O–H groups in total. The molecule has 26 heavy (non-hydrogen) atoms. The molecular formula is C16H17F3N2O3S2. The highest BCUT2D eigenvalue weighted by Crippen LogP contribution is 2.45. The monoisotopic (exact) mass is 406 g/mol. The summed E-state index contributed by atoms with van der Waals surface area (Å²) in [7, 11) is -3.35. The zero-order chi connectivity index (χ0) is 19.3. The third-order valence-electron chi connectivity index (χ3n) is 4.24. The summed E-state index contributed by atoms with van der Waals surface area (Å²) < 4.78 is 64.3. The van der Waals surface area contributed by atoms with Gasteiger partial charge in [-0.15, -0.1) is 0 Å². The minimum Gasteiger partial charge on any atom is -0.315 e. The predicted octanol–water partition coefficient (Wildman–Crippen LogP) is 2.96. The van der Waals surface area contributed by atoms with E-state index in [1.165, 1.54) is 23.1 Å². The fourth-order valence-corrected chi connectivity index (χ4v) is 6.91. The maximum Gasteiger partial charge on any atom is 0.418 e. The van der Waals surface area contributed by atoms with Gasteiger partial charge in [-0.05, 0) is 12.1 Å².